The van der Waals surface area contributed by atoms with Crippen LogP contribution in [-0.2, 0) is 12.8 Å². The van der Waals surface area contributed by atoms with Crippen LogP contribution in [0.4, 0.5) is 0 Å². The Kier molecular flexibility index (Phi) is 9.16. The first-order valence-electron chi connectivity index (χ1n) is 12.5. The van der Waals surface area contributed by atoms with Crippen molar-refractivity contribution in [1.29, 1.82) is 0 Å². The van der Waals surface area contributed by atoms with Crippen molar-refractivity contribution >= 4 is 0 Å². The Hall–Kier alpha value is -1.04. The third-order valence-corrected chi connectivity index (χ3v) is 7.74. The van der Waals surface area contributed by atoms with Gasteiger partial charge in [0.15, 0.2) is 0 Å². The zero-order chi connectivity index (χ0) is 19.6. The summed E-state index contributed by atoms with van der Waals surface area (Å²) >= 11 is 0. The summed E-state index contributed by atoms with van der Waals surface area (Å²) in [5.41, 5.74) is 4.71. The third kappa shape index (κ3) is 6.78. The summed E-state index contributed by atoms with van der Waals surface area (Å²) < 4.78 is 0. The Morgan fingerprint density at radius 1 is 0.750 bits per heavy atom. The fourth-order valence-electron chi connectivity index (χ4n) is 5.62. The van der Waals surface area contributed by atoms with E-state index in [4.69, 9.17) is 0 Å². The zero-order valence-electron chi connectivity index (χ0n) is 18.7. The van der Waals surface area contributed by atoms with Gasteiger partial charge < -0.3 is 0 Å². The van der Waals surface area contributed by atoms with Gasteiger partial charge in [0, 0.05) is 0 Å². The molecule has 0 saturated heterocycles. The van der Waals surface area contributed by atoms with Crippen LogP contribution in [0.1, 0.15) is 108 Å². The number of allylic oxidation sites excluding steroid dienone is 2. The van der Waals surface area contributed by atoms with Crippen molar-refractivity contribution in [2.24, 2.45) is 17.8 Å². The van der Waals surface area contributed by atoms with E-state index in [0.717, 1.165) is 24.2 Å². The molecular weight excluding hydrogens is 336 g/mol. The third-order valence-electron chi connectivity index (χ3n) is 7.74. The number of benzene rings is 1. The van der Waals surface area contributed by atoms with Crippen LogP contribution in [0.3, 0.4) is 0 Å². The van der Waals surface area contributed by atoms with E-state index in [1.165, 1.54) is 101 Å². The summed E-state index contributed by atoms with van der Waals surface area (Å²) in [6, 6.07) is 9.29. The van der Waals surface area contributed by atoms with Crippen molar-refractivity contribution in [3.05, 3.63) is 47.0 Å². The minimum Gasteiger partial charge on any atom is -0.0850 e. The van der Waals surface area contributed by atoms with E-state index < -0.39 is 0 Å². The van der Waals surface area contributed by atoms with Crippen LogP contribution < -0.4 is 0 Å². The lowest BCUT2D eigenvalue weighted by Gasteiger charge is -2.35. The molecule has 0 aromatic heterocycles. The van der Waals surface area contributed by atoms with Gasteiger partial charge in [-0.05, 0) is 80.2 Å². The maximum absolute atomic E-state index is 2.63. The Bertz CT molecular complexity index is 571. The highest BCUT2D eigenvalue weighted by atomic mass is 14.3. The number of rotatable bonds is 10. The van der Waals surface area contributed by atoms with E-state index in [0.29, 0.717) is 0 Å². The highest BCUT2D eigenvalue weighted by Crippen LogP contribution is 2.41. The molecule has 0 heteroatoms. The maximum Gasteiger partial charge on any atom is -0.0241 e. The van der Waals surface area contributed by atoms with Crippen LogP contribution in [-0.4, -0.2) is 0 Å². The molecule has 0 spiro atoms. The summed E-state index contributed by atoms with van der Waals surface area (Å²) in [7, 11) is 0. The first-order chi connectivity index (χ1) is 13.8. The summed E-state index contributed by atoms with van der Waals surface area (Å²) in [5, 5.41) is 0. The lowest BCUT2D eigenvalue weighted by Crippen LogP contribution is -2.23. The summed E-state index contributed by atoms with van der Waals surface area (Å²) in [4.78, 5) is 0. The Balaban J connectivity index is 1.34. The van der Waals surface area contributed by atoms with Gasteiger partial charge in [0.1, 0.15) is 0 Å². The van der Waals surface area contributed by atoms with Crippen LogP contribution in [0.25, 0.3) is 0 Å². The number of hydrogen-bond acceptors (Lipinski definition) is 0. The predicted molar refractivity (Wildman–Crippen MR) is 124 cm³/mol. The minimum atomic E-state index is 0.994. The second-order valence-corrected chi connectivity index (χ2v) is 9.70. The van der Waals surface area contributed by atoms with E-state index in [1.54, 1.807) is 5.57 Å². The van der Waals surface area contributed by atoms with Gasteiger partial charge in [-0.15, -0.1) is 0 Å². The molecule has 0 amide bonds. The fraction of sp³-hybridized carbons (Fsp3) is 0.714. The highest BCUT2D eigenvalue weighted by Gasteiger charge is 2.28. The lowest BCUT2D eigenvalue weighted by molar-refractivity contribution is 0.185. The maximum atomic E-state index is 2.63. The summed E-state index contributed by atoms with van der Waals surface area (Å²) in [6.07, 6.45) is 23.9. The van der Waals surface area contributed by atoms with E-state index in [1.807, 2.05) is 0 Å². The second-order valence-electron chi connectivity index (χ2n) is 9.70. The summed E-state index contributed by atoms with van der Waals surface area (Å²) in [5.74, 6) is 3.09. The minimum absolute atomic E-state index is 0.994. The molecule has 0 bridgehead atoms. The van der Waals surface area contributed by atoms with Gasteiger partial charge in [-0.2, -0.15) is 0 Å². The molecule has 2 aliphatic carbocycles. The largest absolute Gasteiger partial charge is 0.0850 e. The monoisotopic (exact) mass is 380 g/mol. The molecular formula is C28H44. The number of hydrogen-bond donors (Lipinski definition) is 0. The molecule has 0 N–H and O–H groups in total. The van der Waals surface area contributed by atoms with Gasteiger partial charge in [-0.1, -0.05) is 94.7 Å². The van der Waals surface area contributed by atoms with Crippen molar-refractivity contribution in [3.63, 3.8) is 0 Å². The van der Waals surface area contributed by atoms with Crippen molar-refractivity contribution in [3.8, 4) is 0 Å². The lowest BCUT2D eigenvalue weighted by atomic mass is 9.70. The van der Waals surface area contributed by atoms with Crippen LogP contribution in [0.5, 0.6) is 0 Å². The Labute approximate surface area is 175 Å². The Morgan fingerprint density at radius 3 is 2.14 bits per heavy atom. The van der Waals surface area contributed by atoms with Gasteiger partial charge >= 0.3 is 0 Å². The van der Waals surface area contributed by atoms with Crippen LogP contribution in [0, 0.1) is 17.8 Å². The van der Waals surface area contributed by atoms with Gasteiger partial charge in [-0.25, -0.2) is 0 Å². The van der Waals surface area contributed by atoms with E-state index in [2.05, 4.69) is 44.2 Å². The van der Waals surface area contributed by atoms with E-state index in [9.17, 15) is 0 Å². The van der Waals surface area contributed by atoms with Crippen molar-refractivity contribution in [1.82, 2.24) is 0 Å². The molecule has 1 saturated carbocycles. The molecule has 28 heavy (non-hydrogen) atoms. The molecule has 156 valence electrons. The first-order valence-corrected chi connectivity index (χ1v) is 12.5. The molecule has 2 aliphatic rings. The van der Waals surface area contributed by atoms with E-state index >= 15 is 0 Å². The summed E-state index contributed by atoms with van der Waals surface area (Å²) in [6.45, 7) is 4.55. The average Bonchev–Trinajstić information content (AvgIpc) is 2.76. The van der Waals surface area contributed by atoms with Crippen LogP contribution >= 0.6 is 0 Å². The molecule has 1 fully saturated rings. The fourth-order valence-corrected chi connectivity index (χ4v) is 5.62. The van der Waals surface area contributed by atoms with Crippen LogP contribution in [0.15, 0.2) is 35.9 Å². The SMILES string of the molecule is CCCCCC[C@H]1CC[C@H](C2CC=C(CCc3ccc(CC)cc3)CC2)CC1. The van der Waals surface area contributed by atoms with Crippen molar-refractivity contribution in [2.75, 3.05) is 0 Å². The van der Waals surface area contributed by atoms with Crippen molar-refractivity contribution < 1.29 is 0 Å². The quantitative estimate of drug-likeness (QED) is 0.281. The molecule has 1 atom stereocenters. The number of unbranched alkanes of at least 4 members (excludes halogenated alkanes) is 3. The predicted octanol–water partition coefficient (Wildman–Crippen LogP) is 8.68. The van der Waals surface area contributed by atoms with Gasteiger partial charge in [0.05, 0.1) is 0 Å². The first kappa shape index (κ1) is 21.7. The smallest absolute Gasteiger partial charge is 0.0241 e. The molecule has 1 aromatic carbocycles. The standard InChI is InChI=1S/C28H44/c1-3-5-6-7-8-24-15-19-27(20-16-24)28-21-17-26(18-22-28)14-13-25-11-9-23(4-2)10-12-25/h9-12,17,24,27-28H,3-8,13-16,18-22H2,1-2H3/t24-,27-,28?. The van der Waals surface area contributed by atoms with E-state index in [-0.39, 0.29) is 0 Å². The van der Waals surface area contributed by atoms with Gasteiger partial charge in [0.25, 0.3) is 0 Å². The second kappa shape index (κ2) is 11.8. The zero-order valence-corrected chi connectivity index (χ0v) is 18.7. The number of aryl methyl sites for hydroxylation is 2. The molecule has 0 aliphatic heterocycles. The molecule has 3 rings (SSSR count). The molecule has 0 nitrogen and oxygen atoms in total. The van der Waals surface area contributed by atoms with Gasteiger partial charge in [-0.3, -0.25) is 0 Å². The van der Waals surface area contributed by atoms with Gasteiger partial charge in [0.2, 0.25) is 0 Å². The highest BCUT2D eigenvalue weighted by molar-refractivity contribution is 5.23. The van der Waals surface area contributed by atoms with Crippen molar-refractivity contribution in [2.45, 2.75) is 110 Å². The average molecular weight is 381 g/mol. The molecule has 0 heterocycles. The molecule has 1 unspecified atom stereocenters. The molecule has 1 aromatic rings. The topological polar surface area (TPSA) is 0 Å². The molecule has 0 radical (unpaired) electrons. The Morgan fingerprint density at radius 2 is 1.50 bits per heavy atom. The normalized spacial score (nSPS) is 25.5. The van der Waals surface area contributed by atoms with Crippen LogP contribution in [0.2, 0.25) is 0 Å².